The molecule has 0 saturated carbocycles. The molecule has 0 aliphatic carbocycles. The Hall–Kier alpha value is -1.52. The second-order valence-corrected chi connectivity index (χ2v) is 4.61. The number of benzene rings is 1. The third kappa shape index (κ3) is 2.21. The maximum absolute atomic E-state index is 5.60. The van der Waals surface area contributed by atoms with Crippen molar-refractivity contribution in [2.24, 2.45) is 0 Å². The van der Waals surface area contributed by atoms with E-state index >= 15 is 0 Å². The van der Waals surface area contributed by atoms with E-state index in [9.17, 15) is 0 Å². The van der Waals surface area contributed by atoms with Gasteiger partial charge in [-0.25, -0.2) is 0 Å². The van der Waals surface area contributed by atoms with Crippen LogP contribution in [0.1, 0.15) is 18.2 Å². The summed E-state index contributed by atoms with van der Waals surface area (Å²) in [5.41, 5.74) is 2.32. The predicted molar refractivity (Wildman–Crippen MR) is 71.0 cm³/mol. The molecular formula is C14H18N2O2. The minimum atomic E-state index is 0.255. The quantitative estimate of drug-likeness (QED) is 0.854. The molecule has 1 saturated heterocycles. The van der Waals surface area contributed by atoms with Gasteiger partial charge in [-0.1, -0.05) is 0 Å². The first-order valence-corrected chi connectivity index (χ1v) is 6.34. The van der Waals surface area contributed by atoms with Gasteiger partial charge in [0.1, 0.15) is 5.75 Å². The largest absolute Gasteiger partial charge is 0.497 e. The monoisotopic (exact) mass is 246 g/mol. The van der Waals surface area contributed by atoms with Crippen LogP contribution in [-0.2, 0) is 4.74 Å². The molecule has 2 heterocycles. The van der Waals surface area contributed by atoms with Crippen LogP contribution in [0, 0.1) is 0 Å². The zero-order valence-corrected chi connectivity index (χ0v) is 10.5. The highest BCUT2D eigenvalue weighted by Crippen LogP contribution is 2.24. The van der Waals surface area contributed by atoms with Gasteiger partial charge in [0.05, 0.1) is 19.8 Å². The van der Waals surface area contributed by atoms with Gasteiger partial charge in [-0.2, -0.15) is 0 Å². The number of ether oxygens (including phenoxy) is 2. The number of nitrogens with one attached hydrogen (secondary N) is 2. The van der Waals surface area contributed by atoms with Gasteiger partial charge in [0.15, 0.2) is 0 Å². The molecule has 1 aliphatic rings. The van der Waals surface area contributed by atoms with Gasteiger partial charge in [0, 0.05) is 23.2 Å². The summed E-state index contributed by atoms with van der Waals surface area (Å²) in [5, 5.41) is 4.68. The smallest absolute Gasteiger partial charge is 0.119 e. The molecular weight excluding hydrogens is 228 g/mol. The number of fused-ring (bicyclic) bond motifs is 1. The first kappa shape index (κ1) is 11.6. The number of hydrogen-bond donors (Lipinski definition) is 2. The Labute approximate surface area is 106 Å². The zero-order chi connectivity index (χ0) is 12.4. The molecule has 0 spiro atoms. The highest BCUT2D eigenvalue weighted by molar-refractivity contribution is 5.82. The van der Waals surface area contributed by atoms with Gasteiger partial charge in [0.2, 0.25) is 0 Å². The van der Waals surface area contributed by atoms with Gasteiger partial charge >= 0.3 is 0 Å². The molecule has 0 amide bonds. The topological polar surface area (TPSA) is 46.3 Å². The van der Waals surface area contributed by atoms with Crippen molar-refractivity contribution in [3.63, 3.8) is 0 Å². The Bertz CT molecular complexity index is 528. The first-order chi connectivity index (χ1) is 8.86. The molecule has 0 bridgehead atoms. The van der Waals surface area contributed by atoms with E-state index in [1.54, 1.807) is 7.11 Å². The fraction of sp³-hybridized carbons (Fsp3) is 0.429. The predicted octanol–water partition coefficient (Wildman–Crippen LogP) is 2.23. The van der Waals surface area contributed by atoms with Crippen LogP contribution in [-0.4, -0.2) is 31.9 Å². The van der Waals surface area contributed by atoms with Crippen LogP contribution in [0.15, 0.2) is 24.3 Å². The van der Waals surface area contributed by atoms with Crippen molar-refractivity contribution >= 4 is 10.9 Å². The molecule has 2 N–H and O–H groups in total. The van der Waals surface area contributed by atoms with Crippen molar-refractivity contribution in [3.8, 4) is 5.75 Å². The molecule has 1 aromatic carbocycles. The molecule has 4 heteroatoms. The van der Waals surface area contributed by atoms with Crippen molar-refractivity contribution in [2.75, 3.05) is 26.9 Å². The van der Waals surface area contributed by atoms with Crippen molar-refractivity contribution in [1.82, 2.24) is 10.3 Å². The Morgan fingerprint density at radius 3 is 3.17 bits per heavy atom. The van der Waals surface area contributed by atoms with Crippen molar-refractivity contribution in [3.05, 3.63) is 30.0 Å². The Morgan fingerprint density at radius 1 is 1.33 bits per heavy atom. The summed E-state index contributed by atoms with van der Waals surface area (Å²) in [6.07, 6.45) is 1.07. The van der Waals surface area contributed by atoms with Crippen molar-refractivity contribution in [2.45, 2.75) is 12.5 Å². The third-order valence-corrected chi connectivity index (χ3v) is 3.36. The number of rotatable bonds is 2. The van der Waals surface area contributed by atoms with E-state index in [1.165, 1.54) is 11.1 Å². The fourth-order valence-electron chi connectivity index (χ4n) is 2.36. The van der Waals surface area contributed by atoms with Gasteiger partial charge in [0.25, 0.3) is 0 Å². The molecule has 1 atom stereocenters. The SMILES string of the molecule is COc1ccc2[nH]c(C3COCCCN3)cc2c1. The summed E-state index contributed by atoms with van der Waals surface area (Å²) in [5.74, 6) is 0.887. The molecule has 2 aromatic rings. The van der Waals surface area contributed by atoms with E-state index in [1.807, 2.05) is 12.1 Å². The normalized spacial score (nSPS) is 20.8. The summed E-state index contributed by atoms with van der Waals surface area (Å²) < 4.78 is 10.8. The maximum atomic E-state index is 5.60. The van der Waals surface area contributed by atoms with E-state index in [2.05, 4.69) is 22.4 Å². The molecule has 1 aliphatic heterocycles. The first-order valence-electron chi connectivity index (χ1n) is 6.34. The second kappa shape index (κ2) is 5.00. The number of hydrogen-bond acceptors (Lipinski definition) is 3. The summed E-state index contributed by atoms with van der Waals surface area (Å²) in [7, 11) is 1.69. The maximum Gasteiger partial charge on any atom is 0.119 e. The Kier molecular flexibility index (Phi) is 3.21. The highest BCUT2D eigenvalue weighted by atomic mass is 16.5. The van der Waals surface area contributed by atoms with Crippen LogP contribution in [0.5, 0.6) is 5.75 Å². The number of methoxy groups -OCH3 is 1. The van der Waals surface area contributed by atoms with Gasteiger partial charge in [-0.15, -0.1) is 0 Å². The number of aromatic amines is 1. The molecule has 1 fully saturated rings. The molecule has 18 heavy (non-hydrogen) atoms. The lowest BCUT2D eigenvalue weighted by molar-refractivity contribution is 0.131. The molecule has 1 unspecified atom stereocenters. The fourth-order valence-corrected chi connectivity index (χ4v) is 2.36. The summed E-state index contributed by atoms with van der Waals surface area (Å²) in [4.78, 5) is 3.45. The second-order valence-electron chi connectivity index (χ2n) is 4.61. The van der Waals surface area contributed by atoms with E-state index in [0.717, 1.165) is 37.4 Å². The van der Waals surface area contributed by atoms with Gasteiger partial charge in [-0.05, 0) is 37.2 Å². The van der Waals surface area contributed by atoms with E-state index in [4.69, 9.17) is 9.47 Å². The van der Waals surface area contributed by atoms with Crippen LogP contribution in [0.4, 0.5) is 0 Å². The highest BCUT2D eigenvalue weighted by Gasteiger charge is 2.16. The Balaban J connectivity index is 1.91. The molecule has 3 rings (SSSR count). The Morgan fingerprint density at radius 2 is 2.28 bits per heavy atom. The average molecular weight is 246 g/mol. The lowest BCUT2D eigenvalue weighted by Crippen LogP contribution is -2.23. The molecule has 0 radical (unpaired) electrons. The van der Waals surface area contributed by atoms with Gasteiger partial charge < -0.3 is 19.8 Å². The average Bonchev–Trinajstić information content (AvgIpc) is 2.63. The standard InChI is InChI=1S/C14H18N2O2/c1-17-11-3-4-12-10(7-11)8-13(16-12)14-9-18-6-2-5-15-14/h3-4,7-8,14-16H,2,5-6,9H2,1H3. The zero-order valence-electron chi connectivity index (χ0n) is 10.5. The van der Waals surface area contributed by atoms with Crippen LogP contribution < -0.4 is 10.1 Å². The van der Waals surface area contributed by atoms with Gasteiger partial charge in [-0.3, -0.25) is 0 Å². The lowest BCUT2D eigenvalue weighted by Gasteiger charge is -2.12. The summed E-state index contributed by atoms with van der Waals surface area (Å²) >= 11 is 0. The van der Waals surface area contributed by atoms with Crippen molar-refractivity contribution < 1.29 is 9.47 Å². The minimum absolute atomic E-state index is 0.255. The number of H-pyrrole nitrogens is 1. The van der Waals surface area contributed by atoms with Crippen LogP contribution in [0.2, 0.25) is 0 Å². The lowest BCUT2D eigenvalue weighted by atomic mass is 10.2. The summed E-state index contributed by atoms with van der Waals surface area (Å²) in [6.45, 7) is 2.57. The van der Waals surface area contributed by atoms with Crippen LogP contribution in [0.3, 0.4) is 0 Å². The van der Waals surface area contributed by atoms with Crippen LogP contribution >= 0.6 is 0 Å². The summed E-state index contributed by atoms with van der Waals surface area (Å²) in [6, 6.07) is 8.50. The third-order valence-electron chi connectivity index (χ3n) is 3.36. The van der Waals surface area contributed by atoms with E-state index in [0.29, 0.717) is 0 Å². The van der Waals surface area contributed by atoms with Crippen LogP contribution in [0.25, 0.3) is 10.9 Å². The minimum Gasteiger partial charge on any atom is -0.497 e. The van der Waals surface area contributed by atoms with E-state index < -0.39 is 0 Å². The number of aromatic nitrogens is 1. The van der Waals surface area contributed by atoms with Crippen molar-refractivity contribution in [1.29, 1.82) is 0 Å². The molecule has 4 nitrogen and oxygen atoms in total. The molecule has 96 valence electrons. The van der Waals surface area contributed by atoms with E-state index in [-0.39, 0.29) is 6.04 Å². The molecule has 1 aromatic heterocycles.